The first kappa shape index (κ1) is 13.9. The summed E-state index contributed by atoms with van der Waals surface area (Å²) in [5.41, 5.74) is 0. The highest BCUT2D eigenvalue weighted by Gasteiger charge is 2.35. The van der Waals surface area contributed by atoms with Crippen molar-refractivity contribution in [2.24, 2.45) is 5.92 Å². The van der Waals surface area contributed by atoms with Crippen molar-refractivity contribution < 1.29 is 0 Å². The van der Waals surface area contributed by atoms with Gasteiger partial charge in [0.25, 0.3) is 0 Å². The van der Waals surface area contributed by atoms with Crippen LogP contribution in [0.25, 0.3) is 0 Å². The van der Waals surface area contributed by atoms with Gasteiger partial charge in [-0.2, -0.15) is 0 Å². The van der Waals surface area contributed by atoms with Gasteiger partial charge in [0.2, 0.25) is 0 Å². The topological polar surface area (TPSA) is 24.1 Å². The van der Waals surface area contributed by atoms with Gasteiger partial charge in [-0.15, -0.1) is 0 Å². The van der Waals surface area contributed by atoms with E-state index in [4.69, 9.17) is 0 Å². The molecule has 0 spiro atoms. The number of hydrogen-bond donors (Lipinski definition) is 2. The van der Waals surface area contributed by atoms with Gasteiger partial charge in [0.15, 0.2) is 0 Å². The summed E-state index contributed by atoms with van der Waals surface area (Å²) in [4.78, 5) is 0. The highest BCUT2D eigenvalue weighted by Crippen LogP contribution is 2.33. The fraction of sp³-hybridized carbons (Fsp3) is 1.00. The zero-order valence-corrected chi connectivity index (χ0v) is 12.5. The second-order valence-corrected chi connectivity index (χ2v) is 7.11. The zero-order valence-electron chi connectivity index (χ0n) is 12.5. The van der Waals surface area contributed by atoms with Gasteiger partial charge < -0.3 is 10.6 Å². The maximum absolute atomic E-state index is 4.07. The number of hydrogen-bond acceptors (Lipinski definition) is 2. The molecule has 2 N–H and O–H groups in total. The molecule has 2 heteroatoms. The van der Waals surface area contributed by atoms with Crippen LogP contribution >= 0.6 is 0 Å². The first-order chi connectivity index (χ1) is 9.43. The molecule has 0 bridgehead atoms. The van der Waals surface area contributed by atoms with E-state index in [1.165, 1.54) is 83.6 Å². The van der Waals surface area contributed by atoms with Crippen LogP contribution in [-0.4, -0.2) is 24.7 Å². The number of nitrogens with one attached hydrogen (secondary N) is 2. The summed E-state index contributed by atoms with van der Waals surface area (Å²) in [6, 6.07) is 2.47. The van der Waals surface area contributed by atoms with E-state index < -0.39 is 0 Å². The Morgan fingerprint density at radius 1 is 0.684 bits per heavy atom. The average Bonchev–Trinajstić information content (AvgIpc) is 2.75. The summed E-state index contributed by atoms with van der Waals surface area (Å²) >= 11 is 0. The molecule has 2 aliphatic carbocycles. The Kier molecular flexibility index (Phi) is 5.17. The highest BCUT2D eigenvalue weighted by molar-refractivity contribution is 4.93. The van der Waals surface area contributed by atoms with E-state index in [1.807, 2.05) is 0 Å². The Labute approximate surface area is 119 Å². The first-order valence-electron chi connectivity index (χ1n) is 8.93. The smallest absolute Gasteiger partial charge is 0.0113 e. The second kappa shape index (κ2) is 7.08. The Hall–Kier alpha value is -0.0800. The SMILES string of the molecule is C1CCCC(NC2CCCC2C2CCCCN2)CC1. The highest BCUT2D eigenvalue weighted by atomic mass is 15.0. The van der Waals surface area contributed by atoms with E-state index >= 15 is 0 Å². The normalized spacial score (nSPS) is 38.2. The molecule has 0 amide bonds. The van der Waals surface area contributed by atoms with Gasteiger partial charge in [-0.3, -0.25) is 0 Å². The fourth-order valence-corrected chi connectivity index (χ4v) is 4.67. The Bertz CT molecular complexity index is 252. The zero-order chi connectivity index (χ0) is 12.9. The van der Waals surface area contributed by atoms with Crippen molar-refractivity contribution in [3.63, 3.8) is 0 Å². The largest absolute Gasteiger partial charge is 0.314 e. The maximum Gasteiger partial charge on any atom is 0.0113 e. The lowest BCUT2D eigenvalue weighted by atomic mass is 9.87. The molecule has 0 aromatic carbocycles. The third-order valence-corrected chi connectivity index (χ3v) is 5.74. The molecule has 1 heterocycles. The fourth-order valence-electron chi connectivity index (χ4n) is 4.67. The van der Waals surface area contributed by atoms with Crippen LogP contribution in [0.4, 0.5) is 0 Å². The Morgan fingerprint density at radius 3 is 2.21 bits per heavy atom. The van der Waals surface area contributed by atoms with E-state index in [0.29, 0.717) is 0 Å². The predicted octanol–water partition coefficient (Wildman–Crippen LogP) is 3.61. The van der Waals surface area contributed by atoms with Gasteiger partial charge in [-0.1, -0.05) is 38.5 Å². The van der Waals surface area contributed by atoms with Crippen LogP contribution in [0.5, 0.6) is 0 Å². The quantitative estimate of drug-likeness (QED) is 0.761. The van der Waals surface area contributed by atoms with Gasteiger partial charge in [0.1, 0.15) is 0 Å². The first-order valence-corrected chi connectivity index (χ1v) is 8.93. The third-order valence-electron chi connectivity index (χ3n) is 5.74. The van der Waals surface area contributed by atoms with Crippen LogP contribution in [0.15, 0.2) is 0 Å². The lowest BCUT2D eigenvalue weighted by Gasteiger charge is -2.35. The molecule has 3 fully saturated rings. The van der Waals surface area contributed by atoms with Crippen LogP contribution in [-0.2, 0) is 0 Å². The van der Waals surface area contributed by atoms with Crippen LogP contribution in [0.2, 0.25) is 0 Å². The predicted molar refractivity (Wildman–Crippen MR) is 81.4 cm³/mol. The standard InChI is InChI=1S/C17H32N2/c1-2-4-9-14(8-3-1)19-17-12-7-10-15(17)16-11-5-6-13-18-16/h14-19H,1-13H2. The van der Waals surface area contributed by atoms with E-state index in [0.717, 1.165) is 24.0 Å². The summed E-state index contributed by atoms with van der Waals surface area (Å²) in [5.74, 6) is 0.920. The Balaban J connectivity index is 1.53. The number of piperidine rings is 1. The van der Waals surface area contributed by atoms with Gasteiger partial charge >= 0.3 is 0 Å². The third kappa shape index (κ3) is 3.72. The second-order valence-electron chi connectivity index (χ2n) is 7.11. The van der Waals surface area contributed by atoms with Crippen molar-refractivity contribution in [3.05, 3.63) is 0 Å². The van der Waals surface area contributed by atoms with E-state index in [9.17, 15) is 0 Å². The minimum atomic E-state index is 0.818. The molecule has 3 atom stereocenters. The molecule has 2 nitrogen and oxygen atoms in total. The van der Waals surface area contributed by atoms with Gasteiger partial charge in [0, 0.05) is 18.1 Å². The maximum atomic E-state index is 4.07. The minimum Gasteiger partial charge on any atom is -0.314 e. The summed E-state index contributed by atoms with van der Waals surface area (Å²) < 4.78 is 0. The average molecular weight is 264 g/mol. The van der Waals surface area contributed by atoms with E-state index in [-0.39, 0.29) is 0 Å². The molecule has 0 aromatic heterocycles. The van der Waals surface area contributed by atoms with Crippen LogP contribution in [0.1, 0.15) is 77.0 Å². The van der Waals surface area contributed by atoms with Gasteiger partial charge in [0.05, 0.1) is 0 Å². The summed E-state index contributed by atoms with van der Waals surface area (Å²) in [6.07, 6.45) is 17.3. The number of rotatable bonds is 3. The summed E-state index contributed by atoms with van der Waals surface area (Å²) in [6.45, 7) is 1.26. The van der Waals surface area contributed by atoms with Crippen LogP contribution < -0.4 is 10.6 Å². The molecule has 110 valence electrons. The summed E-state index contributed by atoms with van der Waals surface area (Å²) in [7, 11) is 0. The minimum absolute atomic E-state index is 0.818. The van der Waals surface area contributed by atoms with Crippen molar-refractivity contribution in [1.82, 2.24) is 10.6 Å². The summed E-state index contributed by atoms with van der Waals surface area (Å²) in [5, 5.41) is 7.87. The molecule has 19 heavy (non-hydrogen) atoms. The molecule has 1 saturated heterocycles. The molecular weight excluding hydrogens is 232 g/mol. The molecule has 0 aromatic rings. The molecular formula is C17H32N2. The Morgan fingerprint density at radius 2 is 1.47 bits per heavy atom. The van der Waals surface area contributed by atoms with Crippen molar-refractivity contribution in [1.29, 1.82) is 0 Å². The van der Waals surface area contributed by atoms with Gasteiger partial charge in [-0.05, 0) is 51.0 Å². The lowest BCUT2D eigenvalue weighted by molar-refractivity contribution is 0.241. The molecule has 3 aliphatic rings. The van der Waals surface area contributed by atoms with Crippen LogP contribution in [0.3, 0.4) is 0 Å². The van der Waals surface area contributed by atoms with E-state index in [2.05, 4.69) is 10.6 Å². The molecule has 0 radical (unpaired) electrons. The van der Waals surface area contributed by atoms with Crippen molar-refractivity contribution in [3.8, 4) is 0 Å². The monoisotopic (exact) mass is 264 g/mol. The van der Waals surface area contributed by atoms with Crippen molar-refractivity contribution in [2.45, 2.75) is 95.2 Å². The molecule has 1 aliphatic heterocycles. The molecule has 2 saturated carbocycles. The van der Waals surface area contributed by atoms with Crippen molar-refractivity contribution >= 4 is 0 Å². The van der Waals surface area contributed by atoms with E-state index in [1.54, 1.807) is 0 Å². The van der Waals surface area contributed by atoms with Crippen LogP contribution in [0, 0.1) is 5.92 Å². The lowest BCUT2D eigenvalue weighted by Crippen LogP contribution is -2.49. The molecule has 3 unspecified atom stereocenters. The molecule has 3 rings (SSSR count). The van der Waals surface area contributed by atoms with Crippen molar-refractivity contribution in [2.75, 3.05) is 6.54 Å². The van der Waals surface area contributed by atoms with Gasteiger partial charge in [-0.25, -0.2) is 0 Å².